The third kappa shape index (κ3) is 2.22. The number of rotatable bonds is 3. The Morgan fingerprint density at radius 2 is 1.89 bits per heavy atom. The molecule has 0 aromatic heterocycles. The van der Waals surface area contributed by atoms with Gasteiger partial charge >= 0.3 is 0 Å². The van der Waals surface area contributed by atoms with E-state index in [1.54, 1.807) is 0 Å². The zero-order chi connectivity index (χ0) is 13.2. The largest absolute Gasteiger partial charge is 0.493 e. The van der Waals surface area contributed by atoms with Crippen molar-refractivity contribution in [3.8, 4) is 5.75 Å². The molecule has 98 valence electrons. The molecule has 19 heavy (non-hydrogen) atoms. The first-order valence-electron chi connectivity index (χ1n) is 6.47. The van der Waals surface area contributed by atoms with Crippen LogP contribution in [0.15, 0.2) is 42.5 Å². The fourth-order valence-electron chi connectivity index (χ4n) is 2.66. The fourth-order valence-corrected chi connectivity index (χ4v) is 2.90. The number of ether oxygens (including phenoxy) is 1. The summed E-state index contributed by atoms with van der Waals surface area (Å²) in [5.41, 5.74) is 3.52. The van der Waals surface area contributed by atoms with Crippen molar-refractivity contribution < 1.29 is 4.74 Å². The van der Waals surface area contributed by atoms with Gasteiger partial charge in [-0.15, -0.1) is 0 Å². The predicted molar refractivity (Wildman–Crippen MR) is 78.0 cm³/mol. The van der Waals surface area contributed by atoms with E-state index in [2.05, 4.69) is 29.6 Å². The first-order valence-corrected chi connectivity index (χ1v) is 6.85. The molecular formula is C16H16ClNO. The summed E-state index contributed by atoms with van der Waals surface area (Å²) < 4.78 is 5.79. The quantitative estimate of drug-likeness (QED) is 0.923. The van der Waals surface area contributed by atoms with Crippen molar-refractivity contribution in [3.63, 3.8) is 0 Å². The number of benzene rings is 2. The van der Waals surface area contributed by atoms with Gasteiger partial charge in [-0.2, -0.15) is 0 Å². The Hall–Kier alpha value is -1.51. The zero-order valence-corrected chi connectivity index (χ0v) is 11.6. The van der Waals surface area contributed by atoms with Crippen LogP contribution < -0.4 is 10.1 Å². The number of fused-ring (bicyclic) bond motifs is 1. The molecule has 0 aliphatic carbocycles. The van der Waals surface area contributed by atoms with Gasteiger partial charge in [0.1, 0.15) is 5.75 Å². The lowest BCUT2D eigenvalue weighted by Gasteiger charge is -2.20. The van der Waals surface area contributed by atoms with Crippen molar-refractivity contribution in [3.05, 3.63) is 64.2 Å². The molecule has 1 N–H and O–H groups in total. The van der Waals surface area contributed by atoms with E-state index < -0.39 is 0 Å². The maximum absolute atomic E-state index is 6.32. The van der Waals surface area contributed by atoms with Gasteiger partial charge in [0.05, 0.1) is 12.6 Å². The minimum atomic E-state index is 0.0572. The van der Waals surface area contributed by atoms with Gasteiger partial charge in [-0.05, 0) is 24.2 Å². The Morgan fingerprint density at radius 1 is 1.11 bits per heavy atom. The van der Waals surface area contributed by atoms with Crippen molar-refractivity contribution in [1.82, 2.24) is 5.32 Å². The molecule has 0 fully saturated rings. The van der Waals surface area contributed by atoms with E-state index in [9.17, 15) is 0 Å². The second-order valence-corrected chi connectivity index (χ2v) is 5.08. The van der Waals surface area contributed by atoms with Crippen LogP contribution in [-0.4, -0.2) is 13.7 Å². The molecule has 0 saturated carbocycles. The summed E-state index contributed by atoms with van der Waals surface area (Å²) in [4.78, 5) is 0. The van der Waals surface area contributed by atoms with Gasteiger partial charge in [0, 0.05) is 17.0 Å². The van der Waals surface area contributed by atoms with Gasteiger partial charge < -0.3 is 10.1 Å². The standard InChI is InChI=1S/C16H16ClNO/c1-18-15(12-6-2-3-8-14(12)17)13-7-4-5-11-9-10-19-16(11)13/h2-8,15,18H,9-10H2,1H3. The lowest BCUT2D eigenvalue weighted by molar-refractivity contribution is 0.351. The van der Waals surface area contributed by atoms with Crippen LogP contribution in [0.4, 0.5) is 0 Å². The third-order valence-electron chi connectivity index (χ3n) is 3.56. The van der Waals surface area contributed by atoms with Crippen LogP contribution in [0.1, 0.15) is 22.7 Å². The van der Waals surface area contributed by atoms with Crippen molar-refractivity contribution in [2.45, 2.75) is 12.5 Å². The van der Waals surface area contributed by atoms with E-state index in [0.29, 0.717) is 0 Å². The average molecular weight is 274 g/mol. The molecule has 1 heterocycles. The SMILES string of the molecule is CNC(c1ccccc1Cl)c1cccc2c1OCC2. The first-order chi connectivity index (χ1) is 9.31. The lowest BCUT2D eigenvalue weighted by Crippen LogP contribution is -2.18. The molecular weight excluding hydrogens is 258 g/mol. The van der Waals surface area contributed by atoms with Crippen LogP contribution in [0, 0.1) is 0 Å². The summed E-state index contributed by atoms with van der Waals surface area (Å²) in [6.45, 7) is 0.769. The topological polar surface area (TPSA) is 21.3 Å². The highest BCUT2D eigenvalue weighted by molar-refractivity contribution is 6.31. The van der Waals surface area contributed by atoms with Crippen LogP contribution in [0.2, 0.25) is 5.02 Å². The Labute approximate surface area is 118 Å². The van der Waals surface area contributed by atoms with E-state index in [-0.39, 0.29) is 6.04 Å². The molecule has 2 aromatic rings. The monoisotopic (exact) mass is 273 g/mol. The van der Waals surface area contributed by atoms with E-state index in [4.69, 9.17) is 16.3 Å². The Kier molecular flexibility index (Phi) is 3.45. The van der Waals surface area contributed by atoms with Crippen LogP contribution in [-0.2, 0) is 6.42 Å². The summed E-state index contributed by atoms with van der Waals surface area (Å²) in [5, 5.41) is 4.12. The molecule has 0 bridgehead atoms. The highest BCUT2D eigenvalue weighted by Gasteiger charge is 2.23. The number of para-hydroxylation sites is 1. The van der Waals surface area contributed by atoms with Crippen LogP contribution in [0.3, 0.4) is 0 Å². The summed E-state index contributed by atoms with van der Waals surface area (Å²) >= 11 is 6.32. The molecule has 0 saturated heterocycles. The summed E-state index contributed by atoms with van der Waals surface area (Å²) in [5.74, 6) is 1.02. The molecule has 1 atom stereocenters. The van der Waals surface area contributed by atoms with Gasteiger partial charge in [0.15, 0.2) is 0 Å². The molecule has 0 spiro atoms. The number of hydrogen-bond donors (Lipinski definition) is 1. The van der Waals surface area contributed by atoms with E-state index >= 15 is 0 Å². The Balaban J connectivity index is 2.09. The normalized spacial score (nSPS) is 14.8. The summed E-state index contributed by atoms with van der Waals surface area (Å²) in [6.07, 6.45) is 0.988. The maximum atomic E-state index is 6.32. The number of nitrogens with one attached hydrogen (secondary N) is 1. The second kappa shape index (κ2) is 5.24. The molecule has 3 heteroatoms. The minimum absolute atomic E-state index is 0.0572. The molecule has 1 aliphatic rings. The van der Waals surface area contributed by atoms with Crippen LogP contribution in [0.25, 0.3) is 0 Å². The van der Waals surface area contributed by atoms with Crippen molar-refractivity contribution in [2.75, 3.05) is 13.7 Å². The molecule has 0 radical (unpaired) electrons. The van der Waals surface area contributed by atoms with Crippen LogP contribution in [0.5, 0.6) is 5.75 Å². The zero-order valence-electron chi connectivity index (χ0n) is 10.8. The molecule has 3 rings (SSSR count). The highest BCUT2D eigenvalue weighted by atomic mass is 35.5. The lowest BCUT2D eigenvalue weighted by atomic mass is 9.96. The van der Waals surface area contributed by atoms with Gasteiger partial charge in [-0.25, -0.2) is 0 Å². The van der Waals surface area contributed by atoms with Crippen molar-refractivity contribution in [2.24, 2.45) is 0 Å². The molecule has 1 unspecified atom stereocenters. The minimum Gasteiger partial charge on any atom is -0.493 e. The smallest absolute Gasteiger partial charge is 0.127 e. The third-order valence-corrected chi connectivity index (χ3v) is 3.90. The average Bonchev–Trinajstić information content (AvgIpc) is 2.91. The van der Waals surface area contributed by atoms with Crippen LogP contribution >= 0.6 is 11.6 Å². The van der Waals surface area contributed by atoms with Gasteiger partial charge in [-0.1, -0.05) is 48.0 Å². The Bertz CT molecular complexity index is 597. The van der Waals surface area contributed by atoms with E-state index in [1.807, 2.05) is 25.2 Å². The Morgan fingerprint density at radius 3 is 2.68 bits per heavy atom. The number of hydrogen-bond acceptors (Lipinski definition) is 2. The van der Waals surface area contributed by atoms with Crippen molar-refractivity contribution >= 4 is 11.6 Å². The highest BCUT2D eigenvalue weighted by Crippen LogP contribution is 2.37. The summed E-state index contributed by atoms with van der Waals surface area (Å²) in [7, 11) is 1.95. The number of halogens is 1. The van der Waals surface area contributed by atoms with Crippen molar-refractivity contribution in [1.29, 1.82) is 0 Å². The fraction of sp³-hybridized carbons (Fsp3) is 0.250. The molecule has 2 nitrogen and oxygen atoms in total. The maximum Gasteiger partial charge on any atom is 0.127 e. The molecule has 2 aromatic carbocycles. The van der Waals surface area contributed by atoms with Gasteiger partial charge in [0.2, 0.25) is 0 Å². The van der Waals surface area contributed by atoms with E-state index in [1.165, 1.54) is 5.56 Å². The van der Waals surface area contributed by atoms with E-state index in [0.717, 1.165) is 34.9 Å². The predicted octanol–water partition coefficient (Wildman–Crippen LogP) is 3.58. The summed E-state index contributed by atoms with van der Waals surface area (Å²) in [6, 6.07) is 14.3. The van der Waals surface area contributed by atoms with Gasteiger partial charge in [-0.3, -0.25) is 0 Å². The first kappa shape index (κ1) is 12.5. The van der Waals surface area contributed by atoms with Gasteiger partial charge in [0.25, 0.3) is 0 Å². The second-order valence-electron chi connectivity index (χ2n) is 4.68. The molecule has 0 amide bonds. The molecule has 1 aliphatic heterocycles.